The number of nitrogens with one attached hydrogen (secondary N) is 1. The fraction of sp³-hybridized carbons (Fsp3) is 0.300. The van der Waals surface area contributed by atoms with Gasteiger partial charge in [0.1, 0.15) is 23.5 Å². The molecule has 1 fully saturated rings. The van der Waals surface area contributed by atoms with Gasteiger partial charge < -0.3 is 10.2 Å². The Morgan fingerprint density at radius 3 is 2.59 bits per heavy atom. The molecule has 1 aliphatic heterocycles. The number of anilines is 1. The van der Waals surface area contributed by atoms with Crippen molar-refractivity contribution < 1.29 is 22.0 Å². The van der Waals surface area contributed by atoms with E-state index in [2.05, 4.69) is 21.9 Å². The van der Waals surface area contributed by atoms with Crippen molar-refractivity contribution >= 4 is 18.1 Å². The highest BCUT2D eigenvalue weighted by atomic mass is 19.3. The zero-order valence-electron chi connectivity index (χ0n) is 15.2. The van der Waals surface area contributed by atoms with Gasteiger partial charge in [-0.25, -0.2) is 31.9 Å². The maximum Gasteiger partial charge on any atom is 0.266 e. The first-order chi connectivity index (χ1) is 13.8. The number of fused-ring (bicyclic) bond motifs is 1. The summed E-state index contributed by atoms with van der Waals surface area (Å²) < 4.78 is 67.2. The van der Waals surface area contributed by atoms with E-state index in [1.807, 2.05) is 0 Å². The van der Waals surface area contributed by atoms with Crippen LogP contribution in [-0.2, 0) is 6.54 Å². The zero-order valence-corrected chi connectivity index (χ0v) is 15.2. The van der Waals surface area contributed by atoms with Gasteiger partial charge in [-0.1, -0.05) is 24.8 Å². The van der Waals surface area contributed by atoms with E-state index in [-0.39, 0.29) is 17.9 Å². The zero-order chi connectivity index (χ0) is 20.8. The number of benzene rings is 1. The van der Waals surface area contributed by atoms with Crippen molar-refractivity contribution in [2.45, 2.75) is 37.8 Å². The molecule has 2 heterocycles. The molecule has 29 heavy (non-hydrogen) atoms. The first-order valence-electron chi connectivity index (χ1n) is 8.94. The van der Waals surface area contributed by atoms with Crippen LogP contribution in [0.1, 0.15) is 30.4 Å². The van der Waals surface area contributed by atoms with Crippen molar-refractivity contribution in [1.29, 1.82) is 0 Å². The minimum atomic E-state index is -2.92. The minimum Gasteiger partial charge on any atom is -0.365 e. The molecule has 0 bridgehead atoms. The quantitative estimate of drug-likeness (QED) is 0.745. The summed E-state index contributed by atoms with van der Waals surface area (Å²) in [6, 6.07) is 3.77. The summed E-state index contributed by atoms with van der Waals surface area (Å²) in [5.74, 6) is -0.700. The van der Waals surface area contributed by atoms with Crippen molar-refractivity contribution in [3.05, 3.63) is 64.3 Å². The molecular weight excluding hydrogens is 391 g/mol. The van der Waals surface area contributed by atoms with Crippen LogP contribution in [0.15, 0.2) is 36.8 Å². The van der Waals surface area contributed by atoms with E-state index in [1.54, 1.807) is 6.08 Å². The molecule has 0 atom stereocenters. The number of allylic oxidation sites excluding steroid dienone is 1. The average Bonchev–Trinajstić information content (AvgIpc) is 3.48. The number of hydrogen-bond donors (Lipinski definition) is 1. The Balaban J connectivity index is 1.67. The molecule has 4 nitrogen and oxygen atoms in total. The third-order valence-electron chi connectivity index (χ3n) is 5.22. The lowest BCUT2D eigenvalue weighted by molar-refractivity contribution is 0.0532. The monoisotopic (exact) mass is 408 g/mol. The predicted octanol–water partition coefficient (Wildman–Crippen LogP) is 3.31. The number of rotatable bonds is 6. The Bertz CT molecular complexity index is 1080. The second-order valence-electron chi connectivity index (χ2n) is 7.03. The fourth-order valence-corrected chi connectivity index (χ4v) is 3.42. The van der Waals surface area contributed by atoms with E-state index in [9.17, 15) is 22.0 Å². The van der Waals surface area contributed by atoms with Crippen LogP contribution in [-0.4, -0.2) is 26.8 Å². The second kappa shape index (κ2) is 7.13. The van der Waals surface area contributed by atoms with E-state index in [0.29, 0.717) is 29.1 Å². The summed E-state index contributed by atoms with van der Waals surface area (Å²) in [4.78, 5) is 9.69. The molecule has 1 aromatic heterocycles. The molecule has 2 aliphatic rings. The molecule has 0 radical (unpaired) electrons. The molecule has 1 aliphatic carbocycles. The average molecular weight is 408 g/mol. The van der Waals surface area contributed by atoms with Crippen LogP contribution in [0.4, 0.5) is 27.8 Å². The smallest absolute Gasteiger partial charge is 0.266 e. The van der Waals surface area contributed by atoms with Crippen molar-refractivity contribution in [2.75, 3.05) is 5.32 Å². The molecule has 152 valence electrons. The Labute approximate surface area is 163 Å². The lowest BCUT2D eigenvalue weighted by atomic mass is 10.1. The molecule has 1 N–H and O–H groups in total. The van der Waals surface area contributed by atoms with Gasteiger partial charge in [0.15, 0.2) is 0 Å². The summed E-state index contributed by atoms with van der Waals surface area (Å²) in [5, 5.41) is 3.84. The summed E-state index contributed by atoms with van der Waals surface area (Å²) in [5.41, 5.74) is -1.52. The number of halogens is 5. The standard InChI is InChI=1S/C20H17F5N4/c1-11-7-15-14(9-29(11)20(5-6-20)19(24)25)18(28-10-27-15)26-8-12-3-2-4-13(16(12)21)17(22)23/h2-4,7,9-10,17,19H,1,5-6,8H2,(H,26,27,28). The Morgan fingerprint density at radius 2 is 1.93 bits per heavy atom. The summed E-state index contributed by atoms with van der Waals surface area (Å²) >= 11 is 0. The van der Waals surface area contributed by atoms with E-state index >= 15 is 0 Å². The van der Waals surface area contributed by atoms with Crippen molar-refractivity contribution in [2.24, 2.45) is 0 Å². The molecule has 0 amide bonds. The molecule has 9 heteroatoms. The Kier molecular flexibility index (Phi) is 4.76. The van der Waals surface area contributed by atoms with Gasteiger partial charge in [-0.05, 0) is 18.9 Å². The van der Waals surface area contributed by atoms with Crippen LogP contribution < -0.4 is 15.9 Å². The van der Waals surface area contributed by atoms with E-state index in [1.165, 1.54) is 29.6 Å². The van der Waals surface area contributed by atoms with Gasteiger partial charge in [0.2, 0.25) is 0 Å². The summed E-state index contributed by atoms with van der Waals surface area (Å²) in [6.45, 7) is 3.74. The topological polar surface area (TPSA) is 41.1 Å². The second-order valence-corrected chi connectivity index (χ2v) is 7.03. The molecule has 2 aromatic rings. The number of nitrogens with zero attached hydrogens (tertiary/aromatic N) is 3. The normalized spacial score (nSPS) is 17.1. The molecule has 0 spiro atoms. The Hall–Kier alpha value is -2.97. The van der Waals surface area contributed by atoms with Gasteiger partial charge >= 0.3 is 0 Å². The van der Waals surface area contributed by atoms with E-state index in [0.717, 1.165) is 6.07 Å². The van der Waals surface area contributed by atoms with Crippen LogP contribution in [0.3, 0.4) is 0 Å². The third kappa shape index (κ3) is 3.34. The molecule has 1 aromatic carbocycles. The van der Waals surface area contributed by atoms with Crippen LogP contribution in [0, 0.1) is 5.82 Å². The number of hydrogen-bond acceptors (Lipinski definition) is 4. The van der Waals surface area contributed by atoms with Crippen LogP contribution >= 0.6 is 0 Å². The fourth-order valence-electron chi connectivity index (χ4n) is 3.42. The van der Waals surface area contributed by atoms with Gasteiger partial charge in [0, 0.05) is 24.0 Å². The maximum absolute atomic E-state index is 14.3. The third-order valence-corrected chi connectivity index (χ3v) is 5.22. The summed E-state index contributed by atoms with van der Waals surface area (Å²) in [7, 11) is 0. The highest BCUT2D eigenvalue weighted by Gasteiger charge is 2.55. The molecular formula is C20H17F5N4. The minimum absolute atomic E-state index is 0.0439. The predicted molar refractivity (Wildman–Crippen MR) is 97.8 cm³/mol. The van der Waals surface area contributed by atoms with Gasteiger partial charge in [-0.15, -0.1) is 0 Å². The molecule has 1 saturated carbocycles. The Morgan fingerprint density at radius 1 is 1.17 bits per heavy atom. The maximum atomic E-state index is 14.3. The highest BCUT2D eigenvalue weighted by Crippen LogP contribution is 2.48. The number of aromatic nitrogens is 2. The molecule has 0 unspecified atom stereocenters. The van der Waals surface area contributed by atoms with Crippen LogP contribution in [0.2, 0.25) is 0 Å². The molecule has 4 rings (SSSR count). The SMILES string of the molecule is C=C1C=c2ncnc(NCc3cccc(C(F)F)c3F)c2=CN1C1(C(F)F)CC1. The summed E-state index contributed by atoms with van der Waals surface area (Å²) in [6.07, 6.45) is -0.406. The lowest BCUT2D eigenvalue weighted by Gasteiger charge is -2.32. The first kappa shape index (κ1) is 19.4. The lowest BCUT2D eigenvalue weighted by Crippen LogP contribution is -2.45. The number of alkyl halides is 4. The van der Waals surface area contributed by atoms with E-state index < -0.39 is 29.8 Å². The largest absolute Gasteiger partial charge is 0.365 e. The van der Waals surface area contributed by atoms with Gasteiger partial charge in [-0.3, -0.25) is 0 Å². The van der Waals surface area contributed by atoms with Crippen molar-refractivity contribution in [3.8, 4) is 0 Å². The van der Waals surface area contributed by atoms with Crippen molar-refractivity contribution in [3.63, 3.8) is 0 Å². The van der Waals surface area contributed by atoms with Crippen LogP contribution in [0.25, 0.3) is 12.3 Å². The van der Waals surface area contributed by atoms with E-state index in [4.69, 9.17) is 0 Å². The highest BCUT2D eigenvalue weighted by molar-refractivity contribution is 5.57. The first-order valence-corrected chi connectivity index (χ1v) is 8.94. The van der Waals surface area contributed by atoms with Crippen LogP contribution in [0.5, 0.6) is 0 Å². The molecule has 0 saturated heterocycles. The van der Waals surface area contributed by atoms with Gasteiger partial charge in [0.25, 0.3) is 12.9 Å². The van der Waals surface area contributed by atoms with Crippen molar-refractivity contribution in [1.82, 2.24) is 14.9 Å². The van der Waals surface area contributed by atoms with Gasteiger partial charge in [0.05, 0.1) is 16.1 Å². The van der Waals surface area contributed by atoms with Gasteiger partial charge in [-0.2, -0.15) is 0 Å².